The molecule has 0 saturated carbocycles. The summed E-state index contributed by atoms with van der Waals surface area (Å²) >= 11 is 2.71. The fraction of sp³-hybridized carbons (Fsp3) is 0.174. The lowest BCUT2D eigenvalue weighted by molar-refractivity contribution is -0.116. The van der Waals surface area contributed by atoms with E-state index in [0.29, 0.717) is 21.9 Å². The number of aromatic nitrogens is 2. The van der Waals surface area contributed by atoms with E-state index >= 15 is 0 Å². The average Bonchev–Trinajstić information content (AvgIpc) is 3.40. The third kappa shape index (κ3) is 3.24. The minimum Gasteiger partial charge on any atom is -0.311 e. The van der Waals surface area contributed by atoms with Crippen LogP contribution in [-0.2, 0) is 11.2 Å². The molecule has 5 rings (SSSR count). The molecule has 3 heterocycles. The Morgan fingerprint density at radius 3 is 2.70 bits per heavy atom. The number of aryl methyl sites for hydroxylation is 1. The monoisotopic (exact) mass is 433 g/mol. The highest BCUT2D eigenvalue weighted by molar-refractivity contribution is 7.99. The molecule has 30 heavy (non-hydrogen) atoms. The molecule has 7 heteroatoms. The Labute approximate surface area is 182 Å². The molecule has 150 valence electrons. The van der Waals surface area contributed by atoms with Gasteiger partial charge < -0.3 is 4.90 Å². The summed E-state index contributed by atoms with van der Waals surface area (Å²) in [5.74, 6) is 0.253. The highest BCUT2D eigenvalue weighted by Gasteiger charge is 2.25. The van der Waals surface area contributed by atoms with Crippen LogP contribution in [0.5, 0.6) is 0 Å². The third-order valence-electron chi connectivity index (χ3n) is 5.32. The van der Waals surface area contributed by atoms with Crippen molar-refractivity contribution in [1.29, 1.82) is 0 Å². The third-order valence-corrected chi connectivity index (χ3v) is 7.13. The molecule has 0 unspecified atom stereocenters. The van der Waals surface area contributed by atoms with Crippen LogP contribution in [0.3, 0.4) is 0 Å². The van der Waals surface area contributed by atoms with Gasteiger partial charge in [0, 0.05) is 12.2 Å². The predicted octanol–water partition coefficient (Wildman–Crippen LogP) is 4.44. The largest absolute Gasteiger partial charge is 0.311 e. The Balaban J connectivity index is 1.50. The van der Waals surface area contributed by atoms with Crippen molar-refractivity contribution in [2.75, 3.05) is 17.2 Å². The number of rotatable bonds is 4. The van der Waals surface area contributed by atoms with Crippen molar-refractivity contribution in [3.63, 3.8) is 0 Å². The Kier molecular flexibility index (Phi) is 4.92. The van der Waals surface area contributed by atoms with Gasteiger partial charge in [-0.05, 0) is 48.1 Å². The number of para-hydroxylation sites is 2. The van der Waals surface area contributed by atoms with Gasteiger partial charge in [0.25, 0.3) is 5.56 Å². The second-order valence-electron chi connectivity index (χ2n) is 7.17. The summed E-state index contributed by atoms with van der Waals surface area (Å²) in [5, 5.41) is 2.42. The van der Waals surface area contributed by atoms with Crippen molar-refractivity contribution >= 4 is 44.9 Å². The van der Waals surface area contributed by atoms with Crippen LogP contribution < -0.4 is 10.5 Å². The second-order valence-corrected chi connectivity index (χ2v) is 9.03. The van der Waals surface area contributed by atoms with E-state index in [2.05, 4.69) is 6.07 Å². The van der Waals surface area contributed by atoms with E-state index in [9.17, 15) is 9.59 Å². The topological polar surface area (TPSA) is 55.2 Å². The molecule has 0 fully saturated rings. The number of hydrogen-bond donors (Lipinski definition) is 0. The molecule has 0 N–H and O–H groups in total. The summed E-state index contributed by atoms with van der Waals surface area (Å²) in [4.78, 5) is 32.8. The molecule has 0 aliphatic carbocycles. The summed E-state index contributed by atoms with van der Waals surface area (Å²) < 4.78 is 2.27. The van der Waals surface area contributed by atoms with Gasteiger partial charge in [0.2, 0.25) is 5.91 Å². The lowest BCUT2D eigenvalue weighted by atomic mass is 10.2. The summed E-state index contributed by atoms with van der Waals surface area (Å²) in [7, 11) is 0. The highest BCUT2D eigenvalue weighted by Crippen LogP contribution is 2.30. The fourth-order valence-electron chi connectivity index (χ4n) is 3.82. The molecule has 1 amide bonds. The molecule has 5 nitrogen and oxygen atoms in total. The first kappa shape index (κ1) is 19.1. The van der Waals surface area contributed by atoms with Gasteiger partial charge in [-0.2, -0.15) is 0 Å². The molecule has 2 aromatic carbocycles. The zero-order chi connectivity index (χ0) is 20.7. The maximum atomic E-state index is 13.3. The van der Waals surface area contributed by atoms with Crippen LogP contribution >= 0.6 is 23.1 Å². The van der Waals surface area contributed by atoms with Crippen LogP contribution in [0.25, 0.3) is 15.9 Å². The maximum absolute atomic E-state index is 13.3. The zero-order valence-corrected chi connectivity index (χ0v) is 18.0. The van der Waals surface area contributed by atoms with E-state index in [-0.39, 0.29) is 17.2 Å². The summed E-state index contributed by atoms with van der Waals surface area (Å²) in [6.45, 7) is 2.67. The Morgan fingerprint density at radius 2 is 1.87 bits per heavy atom. The number of thioether (sulfide) groups is 1. The zero-order valence-electron chi connectivity index (χ0n) is 16.4. The maximum Gasteiger partial charge on any atom is 0.276 e. The van der Waals surface area contributed by atoms with Crippen molar-refractivity contribution in [2.24, 2.45) is 0 Å². The standard InChI is InChI=1S/C23H19N3O2S2/c1-15-6-2-4-8-18(15)26-22(28)21-17(11-13-29-21)24-23(26)30-14-20(27)25-12-10-16-7-3-5-9-19(16)25/h2-9,11,13H,10,12,14H2,1H3. The van der Waals surface area contributed by atoms with E-state index in [4.69, 9.17) is 4.98 Å². The van der Waals surface area contributed by atoms with Gasteiger partial charge in [0.05, 0.1) is 17.0 Å². The van der Waals surface area contributed by atoms with Crippen LogP contribution in [0.1, 0.15) is 11.1 Å². The minimum atomic E-state index is -0.0919. The van der Waals surface area contributed by atoms with E-state index in [1.165, 1.54) is 28.7 Å². The number of nitrogens with zero attached hydrogens (tertiary/aromatic N) is 3. The van der Waals surface area contributed by atoms with Gasteiger partial charge in [-0.1, -0.05) is 48.2 Å². The molecule has 0 atom stereocenters. The van der Waals surface area contributed by atoms with Gasteiger partial charge in [0.15, 0.2) is 5.16 Å². The number of hydrogen-bond acceptors (Lipinski definition) is 5. The number of carbonyl (C=O) groups is 1. The van der Waals surface area contributed by atoms with Gasteiger partial charge >= 0.3 is 0 Å². The smallest absolute Gasteiger partial charge is 0.276 e. The van der Waals surface area contributed by atoms with Crippen molar-refractivity contribution in [3.05, 3.63) is 81.5 Å². The van der Waals surface area contributed by atoms with Crippen LogP contribution in [0.4, 0.5) is 5.69 Å². The van der Waals surface area contributed by atoms with Gasteiger partial charge in [-0.15, -0.1) is 11.3 Å². The van der Waals surface area contributed by atoms with Crippen LogP contribution in [0.15, 0.2) is 69.9 Å². The second kappa shape index (κ2) is 7.74. The van der Waals surface area contributed by atoms with E-state index < -0.39 is 0 Å². The Morgan fingerprint density at radius 1 is 1.10 bits per heavy atom. The molecule has 2 aromatic heterocycles. The first-order chi connectivity index (χ1) is 14.6. The fourth-order valence-corrected chi connectivity index (χ4v) is 5.46. The normalized spacial score (nSPS) is 13.0. The minimum absolute atomic E-state index is 0.0287. The van der Waals surface area contributed by atoms with Crippen molar-refractivity contribution in [1.82, 2.24) is 9.55 Å². The van der Waals surface area contributed by atoms with Crippen LogP contribution in [0, 0.1) is 6.92 Å². The molecule has 1 aliphatic rings. The van der Waals surface area contributed by atoms with Crippen molar-refractivity contribution < 1.29 is 4.79 Å². The van der Waals surface area contributed by atoms with Crippen LogP contribution in [0.2, 0.25) is 0 Å². The average molecular weight is 434 g/mol. The SMILES string of the molecule is Cc1ccccc1-n1c(SCC(=O)N2CCc3ccccc32)nc2ccsc2c1=O. The van der Waals surface area contributed by atoms with E-state index in [0.717, 1.165) is 23.4 Å². The number of benzene rings is 2. The molecule has 0 saturated heterocycles. The number of carbonyl (C=O) groups excluding carboxylic acids is 1. The highest BCUT2D eigenvalue weighted by atomic mass is 32.2. The Hall–Kier alpha value is -2.90. The lowest BCUT2D eigenvalue weighted by Crippen LogP contribution is -2.31. The molecule has 0 spiro atoms. The number of thiophene rings is 1. The summed E-state index contributed by atoms with van der Waals surface area (Å²) in [6.07, 6.45) is 0.875. The van der Waals surface area contributed by atoms with Crippen LogP contribution in [-0.4, -0.2) is 27.8 Å². The van der Waals surface area contributed by atoms with Crippen molar-refractivity contribution in [3.8, 4) is 5.69 Å². The van der Waals surface area contributed by atoms with Crippen molar-refractivity contribution in [2.45, 2.75) is 18.5 Å². The molecule has 4 aromatic rings. The van der Waals surface area contributed by atoms with E-state index in [1.54, 1.807) is 4.57 Å². The number of amides is 1. The van der Waals surface area contributed by atoms with Gasteiger partial charge in [0.1, 0.15) is 4.70 Å². The molecule has 0 bridgehead atoms. The number of anilines is 1. The predicted molar refractivity (Wildman–Crippen MR) is 123 cm³/mol. The van der Waals surface area contributed by atoms with E-state index in [1.807, 2.05) is 65.7 Å². The Bertz CT molecular complexity index is 1330. The molecular formula is C23H19N3O2S2. The quantitative estimate of drug-likeness (QED) is 0.353. The summed E-state index contributed by atoms with van der Waals surface area (Å²) in [6, 6.07) is 17.6. The summed E-state index contributed by atoms with van der Waals surface area (Å²) in [5.41, 5.74) is 4.55. The van der Waals surface area contributed by atoms with Gasteiger partial charge in [-0.3, -0.25) is 14.2 Å². The molecular weight excluding hydrogens is 414 g/mol. The molecule has 0 radical (unpaired) electrons. The lowest BCUT2D eigenvalue weighted by Gasteiger charge is -2.18. The first-order valence-corrected chi connectivity index (χ1v) is 11.6. The van der Waals surface area contributed by atoms with Gasteiger partial charge in [-0.25, -0.2) is 4.98 Å². The molecule has 1 aliphatic heterocycles. The first-order valence-electron chi connectivity index (χ1n) is 9.71. The number of fused-ring (bicyclic) bond motifs is 2.